The van der Waals surface area contributed by atoms with Gasteiger partial charge in [-0.15, -0.1) is 0 Å². The fraction of sp³-hybridized carbons (Fsp3) is 0.684. The van der Waals surface area contributed by atoms with Crippen molar-refractivity contribution in [3.63, 3.8) is 0 Å². The predicted octanol–water partition coefficient (Wildman–Crippen LogP) is 3.83. The number of rotatable bonds is 10. The van der Waals surface area contributed by atoms with Gasteiger partial charge in [0, 0.05) is 26.2 Å². The Morgan fingerprint density at radius 3 is 2.40 bits per heavy atom. The van der Waals surface area contributed by atoms with Crippen LogP contribution >= 0.6 is 0 Å². The molecule has 0 saturated heterocycles. The number of nitrogens with zero attached hydrogens (tertiary/aromatic N) is 2. The van der Waals surface area contributed by atoms with Crippen molar-refractivity contribution in [2.24, 2.45) is 4.99 Å². The third-order valence-electron chi connectivity index (χ3n) is 3.12. The Hall–Kier alpha value is -1.82. The van der Waals surface area contributed by atoms with Gasteiger partial charge < -0.3 is 19.1 Å². The van der Waals surface area contributed by atoms with E-state index in [1.807, 2.05) is 40.7 Å². The molecule has 0 saturated carbocycles. The van der Waals surface area contributed by atoms with Gasteiger partial charge in [-0.2, -0.15) is 0 Å². The standard InChI is InChI=1S/C19H34N2O4/c1-9-11-16(15(3)24-10-2)17(20-7)14-23-13-12-21(8)18(22)25-19(4,5)6/h11H,3,9-10,12-14H2,1-2,4-8H3/b16-11-,20-17?. The smallest absolute Gasteiger partial charge is 0.410 e. The van der Waals surface area contributed by atoms with Crippen LogP contribution in [-0.2, 0) is 14.2 Å². The van der Waals surface area contributed by atoms with Gasteiger partial charge in [0.15, 0.2) is 0 Å². The summed E-state index contributed by atoms with van der Waals surface area (Å²) in [4.78, 5) is 17.7. The van der Waals surface area contributed by atoms with Crippen LogP contribution in [-0.4, -0.2) is 62.8 Å². The van der Waals surface area contributed by atoms with E-state index >= 15 is 0 Å². The van der Waals surface area contributed by atoms with Gasteiger partial charge in [-0.05, 0) is 34.1 Å². The minimum Gasteiger partial charge on any atom is -0.494 e. The molecule has 0 atom stereocenters. The lowest BCUT2D eigenvalue weighted by molar-refractivity contribution is 0.0248. The molecule has 0 aliphatic rings. The highest BCUT2D eigenvalue weighted by Crippen LogP contribution is 2.14. The molecular weight excluding hydrogens is 320 g/mol. The Morgan fingerprint density at radius 1 is 1.28 bits per heavy atom. The van der Waals surface area contributed by atoms with Crippen LogP contribution in [0.1, 0.15) is 41.0 Å². The fourth-order valence-electron chi connectivity index (χ4n) is 1.91. The van der Waals surface area contributed by atoms with Gasteiger partial charge in [-0.3, -0.25) is 4.99 Å². The molecule has 0 aliphatic carbocycles. The first-order valence-corrected chi connectivity index (χ1v) is 8.66. The van der Waals surface area contributed by atoms with E-state index in [-0.39, 0.29) is 6.09 Å². The molecule has 25 heavy (non-hydrogen) atoms. The second-order valence-corrected chi connectivity index (χ2v) is 6.51. The number of amides is 1. The third-order valence-corrected chi connectivity index (χ3v) is 3.12. The van der Waals surface area contributed by atoms with E-state index in [1.165, 1.54) is 4.90 Å². The lowest BCUT2D eigenvalue weighted by Gasteiger charge is -2.24. The number of hydrogen-bond acceptors (Lipinski definition) is 5. The molecule has 0 heterocycles. The summed E-state index contributed by atoms with van der Waals surface area (Å²) >= 11 is 0. The van der Waals surface area contributed by atoms with Crippen LogP contribution in [0, 0.1) is 0 Å². The van der Waals surface area contributed by atoms with Gasteiger partial charge >= 0.3 is 6.09 Å². The summed E-state index contributed by atoms with van der Waals surface area (Å²) < 4.78 is 16.5. The first-order chi connectivity index (χ1) is 11.7. The number of hydrogen-bond donors (Lipinski definition) is 0. The molecule has 0 aromatic carbocycles. The normalized spacial score (nSPS) is 12.8. The maximum atomic E-state index is 11.9. The number of carbonyl (C=O) groups excluding carboxylic acids is 1. The molecule has 0 spiro atoms. The van der Waals surface area contributed by atoms with Crippen LogP contribution in [0.25, 0.3) is 0 Å². The van der Waals surface area contributed by atoms with Gasteiger partial charge in [0.2, 0.25) is 0 Å². The zero-order valence-electron chi connectivity index (χ0n) is 16.8. The molecule has 6 nitrogen and oxygen atoms in total. The van der Waals surface area contributed by atoms with E-state index in [9.17, 15) is 4.79 Å². The van der Waals surface area contributed by atoms with Crippen molar-refractivity contribution in [2.75, 3.05) is 40.5 Å². The molecule has 144 valence electrons. The molecule has 0 aromatic rings. The van der Waals surface area contributed by atoms with Crippen molar-refractivity contribution in [1.29, 1.82) is 0 Å². The van der Waals surface area contributed by atoms with Crippen molar-refractivity contribution < 1.29 is 19.0 Å². The number of carbonyl (C=O) groups is 1. The van der Waals surface area contributed by atoms with Crippen LogP contribution in [0.3, 0.4) is 0 Å². The van der Waals surface area contributed by atoms with Gasteiger partial charge in [-0.1, -0.05) is 19.6 Å². The van der Waals surface area contributed by atoms with E-state index in [2.05, 4.69) is 11.6 Å². The number of allylic oxidation sites excluding steroid dienone is 2. The van der Waals surface area contributed by atoms with Crippen molar-refractivity contribution in [1.82, 2.24) is 4.90 Å². The lowest BCUT2D eigenvalue weighted by atomic mass is 10.1. The van der Waals surface area contributed by atoms with Crippen LogP contribution in [0.2, 0.25) is 0 Å². The Bertz CT molecular complexity index is 490. The lowest BCUT2D eigenvalue weighted by Crippen LogP contribution is -2.36. The topological polar surface area (TPSA) is 60.4 Å². The number of aliphatic imine (C=N–C) groups is 1. The minimum absolute atomic E-state index is 0.330. The summed E-state index contributed by atoms with van der Waals surface area (Å²) in [5.41, 5.74) is 1.14. The van der Waals surface area contributed by atoms with Gasteiger partial charge in [0.1, 0.15) is 11.4 Å². The highest BCUT2D eigenvalue weighted by atomic mass is 16.6. The number of ether oxygens (including phenoxy) is 3. The van der Waals surface area contributed by atoms with Crippen molar-refractivity contribution in [3.8, 4) is 0 Å². The Balaban J connectivity index is 4.51. The van der Waals surface area contributed by atoms with Crippen LogP contribution in [0.4, 0.5) is 4.79 Å². The molecule has 0 bridgehead atoms. The average molecular weight is 354 g/mol. The van der Waals surface area contributed by atoms with Gasteiger partial charge in [-0.25, -0.2) is 4.79 Å². The van der Waals surface area contributed by atoms with Crippen LogP contribution in [0.5, 0.6) is 0 Å². The summed E-state index contributed by atoms with van der Waals surface area (Å²) in [5, 5.41) is 0. The summed E-state index contributed by atoms with van der Waals surface area (Å²) in [5.74, 6) is 0.597. The largest absolute Gasteiger partial charge is 0.494 e. The summed E-state index contributed by atoms with van der Waals surface area (Å²) in [6.45, 7) is 15.1. The summed E-state index contributed by atoms with van der Waals surface area (Å²) in [7, 11) is 3.40. The summed E-state index contributed by atoms with van der Waals surface area (Å²) in [6.07, 6.45) is 2.51. The molecule has 0 N–H and O–H groups in total. The number of likely N-dealkylation sites (N-methyl/N-ethyl adjacent to an activating group) is 1. The molecule has 0 fully saturated rings. The summed E-state index contributed by atoms with van der Waals surface area (Å²) in [6, 6.07) is 0. The van der Waals surface area contributed by atoms with Gasteiger partial charge in [0.25, 0.3) is 0 Å². The molecule has 6 heteroatoms. The first-order valence-electron chi connectivity index (χ1n) is 8.66. The SMILES string of the molecule is C=C(OCC)/C(=C/CC)C(COCCN(C)C(=O)OC(C)(C)C)=NC. The molecule has 0 rings (SSSR count). The van der Waals surface area contributed by atoms with Crippen LogP contribution in [0.15, 0.2) is 29.0 Å². The van der Waals surface area contributed by atoms with Crippen molar-refractivity contribution in [3.05, 3.63) is 24.0 Å². The second kappa shape index (κ2) is 11.7. The monoisotopic (exact) mass is 354 g/mol. The first kappa shape index (κ1) is 23.2. The zero-order chi connectivity index (χ0) is 19.5. The van der Waals surface area contributed by atoms with E-state index < -0.39 is 5.60 Å². The molecular formula is C19H34N2O4. The zero-order valence-corrected chi connectivity index (χ0v) is 16.8. The second-order valence-electron chi connectivity index (χ2n) is 6.51. The Labute approximate surface area is 152 Å². The predicted molar refractivity (Wildman–Crippen MR) is 102 cm³/mol. The minimum atomic E-state index is -0.506. The van der Waals surface area contributed by atoms with E-state index in [4.69, 9.17) is 14.2 Å². The average Bonchev–Trinajstić information content (AvgIpc) is 2.51. The van der Waals surface area contributed by atoms with E-state index in [1.54, 1.807) is 14.1 Å². The highest BCUT2D eigenvalue weighted by Gasteiger charge is 2.19. The van der Waals surface area contributed by atoms with Crippen LogP contribution < -0.4 is 0 Å². The molecule has 0 aliphatic heterocycles. The third kappa shape index (κ3) is 9.92. The highest BCUT2D eigenvalue weighted by molar-refractivity contribution is 6.04. The molecule has 0 aromatic heterocycles. The van der Waals surface area contributed by atoms with E-state index in [0.29, 0.717) is 32.1 Å². The maximum absolute atomic E-state index is 11.9. The molecule has 1 amide bonds. The van der Waals surface area contributed by atoms with Crippen molar-refractivity contribution in [2.45, 2.75) is 46.6 Å². The quantitative estimate of drug-likeness (QED) is 0.259. The molecule has 0 unspecified atom stereocenters. The van der Waals surface area contributed by atoms with Crippen molar-refractivity contribution >= 4 is 11.8 Å². The van der Waals surface area contributed by atoms with E-state index in [0.717, 1.165) is 17.7 Å². The van der Waals surface area contributed by atoms with Gasteiger partial charge in [0.05, 0.1) is 25.5 Å². The Morgan fingerprint density at radius 2 is 1.92 bits per heavy atom. The maximum Gasteiger partial charge on any atom is 0.410 e. The Kier molecular flexibility index (Phi) is 10.8. The fourth-order valence-corrected chi connectivity index (χ4v) is 1.91. The molecule has 0 radical (unpaired) electrons.